The summed E-state index contributed by atoms with van der Waals surface area (Å²) in [5, 5.41) is 4.72. The number of aromatic nitrogens is 1. The second kappa shape index (κ2) is 5.45. The van der Waals surface area contributed by atoms with Crippen LogP contribution in [0.1, 0.15) is 15.2 Å². The molecule has 0 aliphatic heterocycles. The minimum Gasteiger partial charge on any atom is -0.481 e. The van der Waals surface area contributed by atoms with E-state index in [1.807, 2.05) is 17.5 Å². The maximum atomic E-state index is 11.7. The summed E-state index contributed by atoms with van der Waals surface area (Å²) in [7, 11) is 1.57. The van der Waals surface area contributed by atoms with Gasteiger partial charge in [-0.25, -0.2) is 4.98 Å². The number of pyridine rings is 1. The number of ether oxygens (including phenoxy) is 1. The molecule has 0 aliphatic rings. The fraction of sp³-hybridized carbons (Fsp3) is 0.167. The van der Waals surface area contributed by atoms with Gasteiger partial charge in [0.15, 0.2) is 0 Å². The molecular weight excluding hydrogens is 236 g/mol. The van der Waals surface area contributed by atoms with E-state index in [2.05, 4.69) is 10.3 Å². The molecule has 4 nitrogen and oxygen atoms in total. The number of hydrogen-bond donors (Lipinski definition) is 1. The molecule has 0 fully saturated rings. The third-order valence-corrected chi connectivity index (χ3v) is 3.08. The number of hydrogen-bond acceptors (Lipinski definition) is 4. The molecule has 5 heteroatoms. The van der Waals surface area contributed by atoms with Gasteiger partial charge in [-0.2, -0.15) is 0 Å². The molecule has 0 saturated carbocycles. The molecule has 2 aromatic heterocycles. The van der Waals surface area contributed by atoms with E-state index in [1.54, 1.807) is 25.4 Å². The number of nitrogens with one attached hydrogen (secondary N) is 1. The normalized spacial score (nSPS) is 9.94. The fourth-order valence-electron chi connectivity index (χ4n) is 1.35. The Kier molecular flexibility index (Phi) is 3.72. The summed E-state index contributed by atoms with van der Waals surface area (Å²) in [4.78, 5) is 16.4. The van der Waals surface area contributed by atoms with Gasteiger partial charge in [0.1, 0.15) is 0 Å². The number of rotatable bonds is 4. The number of amides is 1. The van der Waals surface area contributed by atoms with Crippen molar-refractivity contribution < 1.29 is 9.53 Å². The molecule has 0 atom stereocenters. The monoisotopic (exact) mass is 248 g/mol. The van der Waals surface area contributed by atoms with Crippen LogP contribution in [0.2, 0.25) is 0 Å². The van der Waals surface area contributed by atoms with E-state index in [-0.39, 0.29) is 5.91 Å². The van der Waals surface area contributed by atoms with Crippen LogP contribution in [0.4, 0.5) is 0 Å². The van der Waals surface area contributed by atoms with E-state index in [1.165, 1.54) is 11.3 Å². The van der Waals surface area contributed by atoms with E-state index in [9.17, 15) is 4.79 Å². The standard InChI is InChI=1S/C12H12N2O2S/c1-16-11-7-9(4-5-13-11)8-14-12(15)10-3-2-6-17-10/h2-7H,8H2,1H3,(H,14,15). The van der Waals surface area contributed by atoms with Gasteiger partial charge in [-0.3, -0.25) is 4.79 Å². The minimum atomic E-state index is -0.0595. The van der Waals surface area contributed by atoms with Crippen molar-refractivity contribution in [1.29, 1.82) is 0 Å². The van der Waals surface area contributed by atoms with E-state index in [0.29, 0.717) is 17.3 Å². The van der Waals surface area contributed by atoms with E-state index in [4.69, 9.17) is 4.74 Å². The largest absolute Gasteiger partial charge is 0.481 e. The Balaban J connectivity index is 1.95. The van der Waals surface area contributed by atoms with Crippen LogP contribution in [0.25, 0.3) is 0 Å². The van der Waals surface area contributed by atoms with Crippen LogP contribution in [-0.2, 0) is 6.54 Å². The first-order chi connectivity index (χ1) is 8.29. The van der Waals surface area contributed by atoms with Gasteiger partial charge in [0.2, 0.25) is 5.88 Å². The summed E-state index contributed by atoms with van der Waals surface area (Å²) in [6.07, 6.45) is 1.66. The van der Waals surface area contributed by atoms with Crippen LogP contribution < -0.4 is 10.1 Å². The quantitative estimate of drug-likeness (QED) is 0.901. The maximum Gasteiger partial charge on any atom is 0.261 e. The van der Waals surface area contributed by atoms with Crippen molar-refractivity contribution in [3.63, 3.8) is 0 Å². The average molecular weight is 248 g/mol. The van der Waals surface area contributed by atoms with Crippen molar-refractivity contribution in [2.45, 2.75) is 6.54 Å². The van der Waals surface area contributed by atoms with Crippen LogP contribution in [-0.4, -0.2) is 18.0 Å². The van der Waals surface area contributed by atoms with Gasteiger partial charge in [-0.1, -0.05) is 6.07 Å². The second-order valence-corrected chi connectivity index (χ2v) is 4.31. The lowest BCUT2D eigenvalue weighted by Gasteiger charge is -2.05. The Hall–Kier alpha value is -1.88. The van der Waals surface area contributed by atoms with Crippen LogP contribution in [0, 0.1) is 0 Å². The topological polar surface area (TPSA) is 51.2 Å². The molecule has 2 aromatic rings. The Labute approximate surface area is 103 Å². The number of carbonyl (C=O) groups is 1. The lowest BCUT2D eigenvalue weighted by Crippen LogP contribution is -2.21. The summed E-state index contributed by atoms with van der Waals surface area (Å²) in [5.41, 5.74) is 0.960. The Morgan fingerprint density at radius 3 is 3.12 bits per heavy atom. The van der Waals surface area contributed by atoms with E-state index in [0.717, 1.165) is 5.56 Å². The van der Waals surface area contributed by atoms with Crippen molar-refractivity contribution in [1.82, 2.24) is 10.3 Å². The van der Waals surface area contributed by atoms with Crippen LogP contribution in [0.15, 0.2) is 35.8 Å². The van der Waals surface area contributed by atoms with Gasteiger partial charge < -0.3 is 10.1 Å². The smallest absolute Gasteiger partial charge is 0.261 e. The van der Waals surface area contributed by atoms with Crippen LogP contribution in [0.3, 0.4) is 0 Å². The highest BCUT2D eigenvalue weighted by atomic mass is 32.1. The molecule has 88 valence electrons. The van der Waals surface area contributed by atoms with Crippen molar-refractivity contribution in [3.8, 4) is 5.88 Å². The lowest BCUT2D eigenvalue weighted by molar-refractivity contribution is 0.0955. The Bertz CT molecular complexity index is 497. The predicted molar refractivity (Wildman–Crippen MR) is 66.3 cm³/mol. The highest BCUT2D eigenvalue weighted by Crippen LogP contribution is 2.10. The molecule has 2 rings (SSSR count). The first-order valence-electron chi connectivity index (χ1n) is 5.10. The number of methoxy groups -OCH3 is 1. The lowest BCUT2D eigenvalue weighted by atomic mass is 10.2. The second-order valence-electron chi connectivity index (χ2n) is 3.37. The molecule has 17 heavy (non-hydrogen) atoms. The maximum absolute atomic E-state index is 11.7. The number of carbonyl (C=O) groups excluding carboxylic acids is 1. The molecule has 1 N–H and O–H groups in total. The van der Waals surface area contributed by atoms with Crippen LogP contribution in [0.5, 0.6) is 5.88 Å². The number of thiophene rings is 1. The molecule has 0 saturated heterocycles. The minimum absolute atomic E-state index is 0.0595. The SMILES string of the molecule is COc1cc(CNC(=O)c2cccs2)ccn1. The highest BCUT2D eigenvalue weighted by molar-refractivity contribution is 7.12. The Morgan fingerprint density at radius 1 is 1.53 bits per heavy atom. The first-order valence-corrected chi connectivity index (χ1v) is 5.98. The van der Waals surface area contributed by atoms with Gasteiger partial charge in [0, 0.05) is 18.8 Å². The molecule has 1 amide bonds. The fourth-order valence-corrected chi connectivity index (χ4v) is 1.99. The summed E-state index contributed by atoms with van der Waals surface area (Å²) < 4.78 is 5.01. The molecule has 0 spiro atoms. The molecule has 0 unspecified atom stereocenters. The molecule has 0 bridgehead atoms. The third-order valence-electron chi connectivity index (χ3n) is 2.21. The summed E-state index contributed by atoms with van der Waals surface area (Å²) in [5.74, 6) is 0.489. The Morgan fingerprint density at radius 2 is 2.41 bits per heavy atom. The molecular formula is C12H12N2O2S. The summed E-state index contributed by atoms with van der Waals surface area (Å²) >= 11 is 1.42. The first kappa shape index (κ1) is 11.6. The molecule has 2 heterocycles. The highest BCUT2D eigenvalue weighted by Gasteiger charge is 2.05. The predicted octanol–water partition coefficient (Wildman–Crippen LogP) is 2.08. The van der Waals surface area contributed by atoms with Crippen LogP contribution >= 0.6 is 11.3 Å². The van der Waals surface area contributed by atoms with Gasteiger partial charge >= 0.3 is 0 Å². The van der Waals surface area contributed by atoms with Gasteiger partial charge in [-0.15, -0.1) is 11.3 Å². The zero-order chi connectivity index (χ0) is 12.1. The average Bonchev–Trinajstić information content (AvgIpc) is 2.90. The zero-order valence-electron chi connectivity index (χ0n) is 9.34. The van der Waals surface area contributed by atoms with E-state index >= 15 is 0 Å². The van der Waals surface area contributed by atoms with Gasteiger partial charge in [0.05, 0.1) is 12.0 Å². The van der Waals surface area contributed by atoms with Crippen molar-refractivity contribution in [2.24, 2.45) is 0 Å². The zero-order valence-corrected chi connectivity index (χ0v) is 10.2. The summed E-state index contributed by atoms with van der Waals surface area (Å²) in [6.45, 7) is 0.468. The van der Waals surface area contributed by atoms with Crippen molar-refractivity contribution in [2.75, 3.05) is 7.11 Å². The third kappa shape index (κ3) is 3.04. The van der Waals surface area contributed by atoms with Crippen molar-refractivity contribution >= 4 is 17.2 Å². The molecule has 0 radical (unpaired) electrons. The van der Waals surface area contributed by atoms with Gasteiger partial charge in [0.25, 0.3) is 5.91 Å². The van der Waals surface area contributed by atoms with E-state index < -0.39 is 0 Å². The number of nitrogens with zero attached hydrogens (tertiary/aromatic N) is 1. The van der Waals surface area contributed by atoms with Crippen molar-refractivity contribution in [3.05, 3.63) is 46.3 Å². The van der Waals surface area contributed by atoms with Gasteiger partial charge in [-0.05, 0) is 23.1 Å². The molecule has 0 aromatic carbocycles. The summed E-state index contributed by atoms with van der Waals surface area (Å²) in [6, 6.07) is 7.30. The molecule has 0 aliphatic carbocycles.